The molecular weight excluding hydrogens is 292 g/mol. The molecule has 23 heavy (non-hydrogen) atoms. The number of ether oxygens (including phenoxy) is 2. The molecule has 5 heteroatoms. The first-order valence-corrected chi connectivity index (χ1v) is 8.41. The maximum Gasteiger partial charge on any atom is 0.254 e. The number of benzene rings is 1. The van der Waals surface area contributed by atoms with Crippen LogP contribution in [0.1, 0.15) is 36.0 Å². The maximum absolute atomic E-state index is 12.9. The first kappa shape index (κ1) is 16.1. The van der Waals surface area contributed by atoms with Crippen LogP contribution in [0.2, 0.25) is 0 Å². The molecule has 3 rings (SSSR count). The van der Waals surface area contributed by atoms with Gasteiger partial charge in [-0.1, -0.05) is 12.8 Å². The molecule has 2 atom stereocenters. The summed E-state index contributed by atoms with van der Waals surface area (Å²) >= 11 is 0. The van der Waals surface area contributed by atoms with Crippen LogP contribution in [0.3, 0.4) is 0 Å². The van der Waals surface area contributed by atoms with Gasteiger partial charge in [0, 0.05) is 24.7 Å². The molecule has 1 aromatic carbocycles. The molecule has 0 spiro atoms. The third kappa shape index (κ3) is 3.29. The second-order valence-corrected chi connectivity index (χ2v) is 6.66. The largest absolute Gasteiger partial charge is 0.486 e. The summed E-state index contributed by atoms with van der Waals surface area (Å²) < 4.78 is 11.1. The second kappa shape index (κ2) is 6.79. The van der Waals surface area contributed by atoms with Crippen molar-refractivity contribution in [1.29, 1.82) is 0 Å². The van der Waals surface area contributed by atoms with Gasteiger partial charge in [0.05, 0.1) is 0 Å². The normalized spacial score (nSPS) is 23.7. The highest BCUT2D eigenvalue weighted by Crippen LogP contribution is 2.32. The summed E-state index contributed by atoms with van der Waals surface area (Å²) in [5, 5.41) is 0. The Morgan fingerprint density at radius 1 is 1.00 bits per heavy atom. The number of carbonyl (C=O) groups is 1. The predicted molar refractivity (Wildman–Crippen MR) is 89.3 cm³/mol. The zero-order valence-corrected chi connectivity index (χ0v) is 14.2. The van der Waals surface area contributed by atoms with Gasteiger partial charge in [-0.05, 0) is 45.1 Å². The number of hydrogen-bond donors (Lipinski definition) is 0. The van der Waals surface area contributed by atoms with Crippen LogP contribution in [0.4, 0.5) is 0 Å². The molecule has 1 aliphatic heterocycles. The topological polar surface area (TPSA) is 42.0 Å². The summed E-state index contributed by atoms with van der Waals surface area (Å²) in [4.78, 5) is 17.1. The van der Waals surface area contributed by atoms with E-state index in [9.17, 15) is 4.79 Å². The van der Waals surface area contributed by atoms with E-state index < -0.39 is 0 Å². The zero-order valence-electron chi connectivity index (χ0n) is 14.2. The summed E-state index contributed by atoms with van der Waals surface area (Å²) in [6, 6.07) is 6.16. The number of likely N-dealkylation sites (N-methyl/N-ethyl adjacent to an activating group) is 2. The van der Waals surface area contributed by atoms with E-state index in [1.54, 1.807) is 6.07 Å². The van der Waals surface area contributed by atoms with Crippen LogP contribution in [0.15, 0.2) is 18.2 Å². The molecule has 1 saturated carbocycles. The summed E-state index contributed by atoms with van der Waals surface area (Å²) in [5.74, 6) is 1.45. The van der Waals surface area contributed by atoms with Crippen LogP contribution in [-0.4, -0.2) is 62.1 Å². The van der Waals surface area contributed by atoms with Crippen LogP contribution < -0.4 is 9.47 Å². The van der Waals surface area contributed by atoms with Gasteiger partial charge in [0.15, 0.2) is 11.5 Å². The van der Waals surface area contributed by atoms with Crippen LogP contribution in [-0.2, 0) is 0 Å². The van der Waals surface area contributed by atoms with Gasteiger partial charge in [-0.2, -0.15) is 0 Å². The van der Waals surface area contributed by atoms with Gasteiger partial charge in [-0.15, -0.1) is 0 Å². The van der Waals surface area contributed by atoms with E-state index in [4.69, 9.17) is 9.47 Å². The van der Waals surface area contributed by atoms with E-state index in [1.807, 2.05) is 24.1 Å². The van der Waals surface area contributed by atoms with Gasteiger partial charge in [0.25, 0.3) is 5.91 Å². The van der Waals surface area contributed by atoms with E-state index in [0.717, 1.165) is 18.6 Å². The highest BCUT2D eigenvalue weighted by atomic mass is 16.6. The summed E-state index contributed by atoms with van der Waals surface area (Å²) in [7, 11) is 6.13. The fourth-order valence-corrected chi connectivity index (χ4v) is 3.68. The monoisotopic (exact) mass is 318 g/mol. The Morgan fingerprint density at radius 2 is 1.65 bits per heavy atom. The van der Waals surface area contributed by atoms with E-state index in [0.29, 0.717) is 30.6 Å². The molecule has 0 N–H and O–H groups in total. The average Bonchev–Trinajstić information content (AvgIpc) is 2.60. The number of fused-ring (bicyclic) bond motifs is 1. The van der Waals surface area contributed by atoms with Gasteiger partial charge in [-0.25, -0.2) is 0 Å². The SMILES string of the molecule is CN(C)C1CCCCC1N(C)C(=O)c1ccc2c(c1)OCCO2. The van der Waals surface area contributed by atoms with Crippen LogP contribution in [0, 0.1) is 0 Å². The van der Waals surface area contributed by atoms with Crippen molar-refractivity contribution < 1.29 is 14.3 Å². The van der Waals surface area contributed by atoms with E-state index in [1.165, 1.54) is 12.8 Å². The number of amides is 1. The van der Waals surface area contributed by atoms with E-state index >= 15 is 0 Å². The summed E-state index contributed by atoms with van der Waals surface area (Å²) in [6.07, 6.45) is 4.64. The van der Waals surface area contributed by atoms with Crippen molar-refractivity contribution >= 4 is 5.91 Å². The quantitative estimate of drug-likeness (QED) is 0.858. The predicted octanol–water partition coefficient (Wildman–Crippen LogP) is 2.40. The first-order valence-electron chi connectivity index (χ1n) is 8.41. The molecule has 1 amide bonds. The molecule has 1 aliphatic carbocycles. The Kier molecular flexibility index (Phi) is 4.76. The standard InChI is InChI=1S/C18H26N2O3/c1-19(2)14-6-4-5-7-15(14)20(3)18(21)13-8-9-16-17(12-13)23-11-10-22-16/h8-9,12,14-15H,4-7,10-11H2,1-3H3. The zero-order chi connectivity index (χ0) is 16.4. The van der Waals surface area contributed by atoms with Gasteiger partial charge in [0.1, 0.15) is 13.2 Å². The van der Waals surface area contributed by atoms with Gasteiger partial charge >= 0.3 is 0 Å². The third-order valence-electron chi connectivity index (χ3n) is 4.96. The Bertz CT molecular complexity index is 573. The minimum absolute atomic E-state index is 0.0562. The Labute approximate surface area is 138 Å². The van der Waals surface area contributed by atoms with Crippen molar-refractivity contribution in [2.45, 2.75) is 37.8 Å². The van der Waals surface area contributed by atoms with Crippen molar-refractivity contribution in [2.24, 2.45) is 0 Å². The summed E-state index contributed by atoms with van der Waals surface area (Å²) in [5.41, 5.74) is 0.667. The van der Waals surface area contributed by atoms with Crippen molar-refractivity contribution in [2.75, 3.05) is 34.4 Å². The van der Waals surface area contributed by atoms with Crippen molar-refractivity contribution in [1.82, 2.24) is 9.80 Å². The third-order valence-corrected chi connectivity index (χ3v) is 4.96. The smallest absolute Gasteiger partial charge is 0.254 e. The van der Waals surface area contributed by atoms with E-state index in [-0.39, 0.29) is 11.9 Å². The number of carbonyl (C=O) groups excluding carboxylic acids is 1. The molecule has 0 saturated heterocycles. The molecule has 1 heterocycles. The average molecular weight is 318 g/mol. The molecule has 126 valence electrons. The minimum atomic E-state index is 0.0562. The highest BCUT2D eigenvalue weighted by Gasteiger charge is 2.32. The van der Waals surface area contributed by atoms with Gasteiger partial charge < -0.3 is 19.3 Å². The lowest BCUT2D eigenvalue weighted by Crippen LogP contribution is -2.51. The molecule has 0 bridgehead atoms. The minimum Gasteiger partial charge on any atom is -0.486 e. The van der Waals surface area contributed by atoms with Crippen LogP contribution in [0.25, 0.3) is 0 Å². The Hall–Kier alpha value is -1.75. The molecule has 2 unspecified atom stereocenters. The lowest BCUT2D eigenvalue weighted by Gasteiger charge is -2.41. The second-order valence-electron chi connectivity index (χ2n) is 6.66. The maximum atomic E-state index is 12.9. The van der Waals surface area contributed by atoms with Crippen LogP contribution >= 0.6 is 0 Å². The van der Waals surface area contributed by atoms with E-state index in [2.05, 4.69) is 19.0 Å². The fraction of sp³-hybridized carbons (Fsp3) is 0.611. The Balaban J connectivity index is 1.78. The lowest BCUT2D eigenvalue weighted by atomic mass is 9.88. The van der Waals surface area contributed by atoms with Crippen LogP contribution in [0.5, 0.6) is 11.5 Å². The van der Waals surface area contributed by atoms with Crippen molar-refractivity contribution in [3.63, 3.8) is 0 Å². The fourth-order valence-electron chi connectivity index (χ4n) is 3.68. The molecule has 2 aliphatic rings. The molecule has 0 radical (unpaired) electrons. The number of rotatable bonds is 3. The molecular formula is C18H26N2O3. The van der Waals surface area contributed by atoms with Crippen molar-refractivity contribution in [3.8, 4) is 11.5 Å². The highest BCUT2D eigenvalue weighted by molar-refractivity contribution is 5.95. The van der Waals surface area contributed by atoms with Gasteiger partial charge in [0.2, 0.25) is 0 Å². The molecule has 1 aromatic rings. The molecule has 5 nitrogen and oxygen atoms in total. The first-order chi connectivity index (χ1) is 11.1. The number of nitrogens with zero attached hydrogens (tertiary/aromatic N) is 2. The number of hydrogen-bond acceptors (Lipinski definition) is 4. The van der Waals surface area contributed by atoms with Crippen molar-refractivity contribution in [3.05, 3.63) is 23.8 Å². The van der Waals surface area contributed by atoms with Gasteiger partial charge in [-0.3, -0.25) is 4.79 Å². The lowest BCUT2D eigenvalue weighted by molar-refractivity contribution is 0.0543. The molecule has 0 aromatic heterocycles. The molecule has 1 fully saturated rings. The summed E-state index contributed by atoms with van der Waals surface area (Å²) in [6.45, 7) is 1.10. The Morgan fingerprint density at radius 3 is 2.35 bits per heavy atom.